The predicted molar refractivity (Wildman–Crippen MR) is 147 cm³/mol. The average Bonchev–Trinajstić information content (AvgIpc) is 2.91. The number of alkyl carbamates (subject to hydrolysis) is 1. The van der Waals surface area contributed by atoms with Crippen LogP contribution in [0.15, 0.2) is 54.6 Å². The van der Waals surface area contributed by atoms with Gasteiger partial charge in [-0.2, -0.15) is 0 Å². The van der Waals surface area contributed by atoms with Gasteiger partial charge in [0.25, 0.3) is 0 Å². The minimum Gasteiger partial charge on any atom is -0.467 e. The molecule has 1 aliphatic carbocycles. The van der Waals surface area contributed by atoms with Crippen molar-refractivity contribution in [3.8, 4) is 0 Å². The van der Waals surface area contributed by atoms with E-state index in [1.807, 2.05) is 17.0 Å². The fraction of sp³-hybridized carbons (Fsp3) is 0.448. The number of carbonyl (C=O) groups is 4. The largest absolute Gasteiger partial charge is 0.467 e. The standard InChI is InChI=1S/C29H37N3O7/c1-29(2,3)39-28(36)30-22-17-11-12-18-24(22)32(21-15-9-6-10-16-21)19-23(26(34)37-4)31-27(35)38-25(33)20-13-7-5-8-14-20/h5,7-8,11-14,17-18,21,23H,6,9-10,15-16,19H2,1-4H3,(H,30,36)(H,31,35). The summed E-state index contributed by atoms with van der Waals surface area (Å²) in [5.74, 6) is -1.54. The topological polar surface area (TPSA) is 123 Å². The number of benzene rings is 2. The molecule has 0 saturated heterocycles. The molecule has 1 unspecified atom stereocenters. The number of hydrogen-bond donors (Lipinski definition) is 2. The number of hydrogen-bond acceptors (Lipinski definition) is 8. The second-order valence-electron chi connectivity index (χ2n) is 10.4. The molecule has 39 heavy (non-hydrogen) atoms. The van der Waals surface area contributed by atoms with Crippen LogP contribution in [0.25, 0.3) is 0 Å². The molecule has 10 nitrogen and oxygen atoms in total. The summed E-state index contributed by atoms with van der Waals surface area (Å²) < 4.78 is 15.3. The first-order chi connectivity index (χ1) is 18.6. The molecule has 0 aliphatic heterocycles. The minimum atomic E-state index is -1.15. The van der Waals surface area contributed by atoms with Gasteiger partial charge in [-0.3, -0.25) is 5.32 Å². The summed E-state index contributed by atoms with van der Waals surface area (Å²) in [6, 6.07) is 14.2. The lowest BCUT2D eigenvalue weighted by Gasteiger charge is -2.38. The van der Waals surface area contributed by atoms with Crippen molar-refractivity contribution in [2.45, 2.75) is 70.6 Å². The lowest BCUT2D eigenvalue weighted by molar-refractivity contribution is -0.142. The molecule has 0 bridgehead atoms. The van der Waals surface area contributed by atoms with Gasteiger partial charge in [-0.05, 0) is 57.9 Å². The summed E-state index contributed by atoms with van der Waals surface area (Å²) in [7, 11) is 1.22. The van der Waals surface area contributed by atoms with Crippen molar-refractivity contribution in [2.24, 2.45) is 0 Å². The van der Waals surface area contributed by atoms with E-state index in [1.54, 1.807) is 51.1 Å². The highest BCUT2D eigenvalue weighted by molar-refractivity contribution is 5.97. The lowest BCUT2D eigenvalue weighted by atomic mass is 9.93. The van der Waals surface area contributed by atoms with Gasteiger partial charge in [0.2, 0.25) is 0 Å². The van der Waals surface area contributed by atoms with Crippen molar-refractivity contribution in [2.75, 3.05) is 23.9 Å². The minimum absolute atomic E-state index is 0.0268. The van der Waals surface area contributed by atoms with E-state index in [0.717, 1.165) is 32.1 Å². The number of esters is 2. The predicted octanol–water partition coefficient (Wildman–Crippen LogP) is 5.28. The molecule has 210 valence electrons. The SMILES string of the molecule is COC(=O)C(CN(c1ccccc1NC(=O)OC(C)(C)C)C1CCCCC1)NC(=O)OC(=O)c1ccccc1. The van der Waals surface area contributed by atoms with E-state index in [4.69, 9.17) is 14.2 Å². The Hall–Kier alpha value is -4.08. The number of carbonyl (C=O) groups excluding carboxylic acids is 4. The van der Waals surface area contributed by atoms with Gasteiger partial charge in [-0.1, -0.05) is 49.6 Å². The molecule has 3 rings (SSSR count). The number of para-hydroxylation sites is 2. The third-order valence-electron chi connectivity index (χ3n) is 6.22. The molecular weight excluding hydrogens is 502 g/mol. The Bertz CT molecular complexity index is 1140. The van der Waals surface area contributed by atoms with Gasteiger partial charge >= 0.3 is 24.1 Å². The highest BCUT2D eigenvalue weighted by Crippen LogP contribution is 2.33. The zero-order chi connectivity index (χ0) is 28.4. The summed E-state index contributed by atoms with van der Waals surface area (Å²) in [4.78, 5) is 52.4. The van der Waals surface area contributed by atoms with Gasteiger partial charge in [0, 0.05) is 12.6 Å². The van der Waals surface area contributed by atoms with Crippen LogP contribution in [0.2, 0.25) is 0 Å². The third-order valence-corrected chi connectivity index (χ3v) is 6.22. The molecule has 0 heterocycles. The van der Waals surface area contributed by atoms with Crippen LogP contribution >= 0.6 is 0 Å². The monoisotopic (exact) mass is 539 g/mol. The number of methoxy groups -OCH3 is 1. The van der Waals surface area contributed by atoms with E-state index < -0.39 is 35.8 Å². The van der Waals surface area contributed by atoms with Crippen molar-refractivity contribution < 1.29 is 33.4 Å². The molecule has 1 aliphatic rings. The van der Waals surface area contributed by atoms with Crippen LogP contribution in [-0.2, 0) is 19.0 Å². The Morgan fingerprint density at radius 1 is 0.923 bits per heavy atom. The van der Waals surface area contributed by atoms with E-state index in [-0.39, 0.29) is 18.2 Å². The molecule has 2 aromatic carbocycles. The van der Waals surface area contributed by atoms with E-state index in [9.17, 15) is 19.2 Å². The van der Waals surface area contributed by atoms with Crippen molar-refractivity contribution in [1.82, 2.24) is 5.32 Å². The number of ether oxygens (including phenoxy) is 3. The summed E-state index contributed by atoms with van der Waals surface area (Å²) >= 11 is 0. The zero-order valence-electron chi connectivity index (χ0n) is 22.9. The van der Waals surface area contributed by atoms with E-state index >= 15 is 0 Å². The Kier molecular flexibility index (Phi) is 10.3. The van der Waals surface area contributed by atoms with Crippen LogP contribution < -0.4 is 15.5 Å². The second kappa shape index (κ2) is 13.6. The van der Waals surface area contributed by atoms with Gasteiger partial charge in [0.1, 0.15) is 11.6 Å². The number of nitrogens with zero attached hydrogens (tertiary/aromatic N) is 1. The fourth-order valence-corrected chi connectivity index (χ4v) is 4.49. The fourth-order valence-electron chi connectivity index (χ4n) is 4.49. The number of anilines is 2. The summed E-state index contributed by atoms with van der Waals surface area (Å²) in [6.45, 7) is 5.36. The molecule has 1 saturated carbocycles. The van der Waals surface area contributed by atoms with Crippen molar-refractivity contribution in [3.05, 3.63) is 60.2 Å². The molecule has 2 amide bonds. The Morgan fingerprint density at radius 2 is 1.56 bits per heavy atom. The normalized spacial score (nSPS) is 14.5. The summed E-state index contributed by atoms with van der Waals surface area (Å²) in [6.07, 6.45) is 3.18. The summed E-state index contributed by atoms with van der Waals surface area (Å²) in [5.41, 5.74) is 0.690. The van der Waals surface area contributed by atoms with Gasteiger partial charge in [-0.25, -0.2) is 19.2 Å². The maximum atomic E-state index is 12.8. The molecule has 1 fully saturated rings. The Labute approximate surface area is 229 Å². The van der Waals surface area contributed by atoms with Crippen LogP contribution in [0.1, 0.15) is 63.2 Å². The van der Waals surface area contributed by atoms with Crippen molar-refractivity contribution in [1.29, 1.82) is 0 Å². The van der Waals surface area contributed by atoms with Gasteiger partial charge < -0.3 is 24.4 Å². The molecule has 0 aromatic heterocycles. The van der Waals surface area contributed by atoms with E-state index in [0.29, 0.717) is 11.4 Å². The van der Waals surface area contributed by atoms with Gasteiger partial charge in [-0.15, -0.1) is 0 Å². The first-order valence-electron chi connectivity index (χ1n) is 13.1. The molecule has 0 spiro atoms. The number of amides is 2. The van der Waals surface area contributed by atoms with Crippen LogP contribution in [0.5, 0.6) is 0 Å². The van der Waals surface area contributed by atoms with Crippen LogP contribution in [0.3, 0.4) is 0 Å². The van der Waals surface area contributed by atoms with E-state index in [1.165, 1.54) is 19.2 Å². The molecule has 10 heteroatoms. The Morgan fingerprint density at radius 3 is 2.21 bits per heavy atom. The van der Waals surface area contributed by atoms with Crippen LogP contribution in [-0.4, -0.2) is 55.5 Å². The average molecular weight is 540 g/mol. The molecule has 2 N–H and O–H groups in total. The number of nitrogens with one attached hydrogen (secondary N) is 2. The molecule has 0 radical (unpaired) electrons. The van der Waals surface area contributed by atoms with Crippen LogP contribution in [0.4, 0.5) is 21.0 Å². The third kappa shape index (κ3) is 9.01. The maximum absolute atomic E-state index is 12.8. The zero-order valence-corrected chi connectivity index (χ0v) is 22.9. The van der Waals surface area contributed by atoms with E-state index in [2.05, 4.69) is 10.6 Å². The molecular formula is C29H37N3O7. The lowest BCUT2D eigenvalue weighted by Crippen LogP contribution is -2.52. The Balaban J connectivity index is 1.85. The highest BCUT2D eigenvalue weighted by atomic mass is 16.6. The highest BCUT2D eigenvalue weighted by Gasteiger charge is 2.32. The second-order valence-corrected chi connectivity index (χ2v) is 10.4. The smallest absolute Gasteiger partial charge is 0.415 e. The van der Waals surface area contributed by atoms with Gasteiger partial charge in [0.15, 0.2) is 0 Å². The quantitative estimate of drug-likeness (QED) is 0.264. The first-order valence-corrected chi connectivity index (χ1v) is 13.1. The summed E-state index contributed by atoms with van der Waals surface area (Å²) in [5, 5.41) is 5.30. The van der Waals surface area contributed by atoms with Crippen molar-refractivity contribution in [3.63, 3.8) is 0 Å². The number of rotatable bonds is 8. The first kappa shape index (κ1) is 29.5. The van der Waals surface area contributed by atoms with Crippen molar-refractivity contribution >= 4 is 35.5 Å². The molecule has 1 atom stereocenters. The molecule has 2 aromatic rings. The van der Waals surface area contributed by atoms with Crippen LogP contribution in [0, 0.1) is 0 Å². The maximum Gasteiger partial charge on any atom is 0.415 e. The van der Waals surface area contributed by atoms with Gasteiger partial charge in [0.05, 0.1) is 24.0 Å².